The summed E-state index contributed by atoms with van der Waals surface area (Å²) in [5.74, 6) is 0.759. The number of benzene rings is 1. The Morgan fingerprint density at radius 1 is 1.31 bits per heavy atom. The summed E-state index contributed by atoms with van der Waals surface area (Å²) < 4.78 is 0. The summed E-state index contributed by atoms with van der Waals surface area (Å²) in [4.78, 5) is 0. The van der Waals surface area contributed by atoms with Gasteiger partial charge in [-0.3, -0.25) is 0 Å². The predicted octanol–water partition coefficient (Wildman–Crippen LogP) is 3.80. The molecule has 1 aromatic carbocycles. The van der Waals surface area contributed by atoms with Gasteiger partial charge < -0.3 is 5.32 Å². The lowest BCUT2D eigenvalue weighted by Crippen LogP contribution is -2.25. The maximum Gasteiger partial charge on any atom is 0.0224 e. The van der Waals surface area contributed by atoms with E-state index in [1.165, 1.54) is 16.7 Å². The fourth-order valence-corrected chi connectivity index (χ4v) is 1.91. The second-order valence-electron chi connectivity index (χ2n) is 4.54. The molecule has 0 spiro atoms. The van der Waals surface area contributed by atoms with E-state index in [2.05, 4.69) is 44.3 Å². The van der Waals surface area contributed by atoms with Crippen molar-refractivity contribution in [3.8, 4) is 0 Å². The van der Waals surface area contributed by atoms with Crippen LogP contribution in [0, 0.1) is 13.8 Å². The van der Waals surface area contributed by atoms with Crippen LogP contribution in [0.4, 0.5) is 0 Å². The molecule has 16 heavy (non-hydrogen) atoms. The van der Waals surface area contributed by atoms with Gasteiger partial charge in [-0.05, 0) is 44.7 Å². The van der Waals surface area contributed by atoms with E-state index < -0.39 is 0 Å². The van der Waals surface area contributed by atoms with Crippen LogP contribution in [0.5, 0.6) is 0 Å². The van der Waals surface area contributed by atoms with Gasteiger partial charge in [-0.2, -0.15) is 0 Å². The molecule has 1 nitrogen and oxygen atoms in total. The standard InChI is InChI=1S/C14H22ClN/c1-11-6-7-12(2)14(9-11)10-16-13(3)5-4-8-15/h6-7,9,13,16H,4-5,8,10H2,1-3H3. The lowest BCUT2D eigenvalue weighted by Gasteiger charge is -2.14. The Morgan fingerprint density at radius 3 is 2.75 bits per heavy atom. The molecule has 0 aliphatic rings. The van der Waals surface area contributed by atoms with Gasteiger partial charge in [-0.15, -0.1) is 11.6 Å². The minimum atomic E-state index is 0.540. The van der Waals surface area contributed by atoms with Crippen molar-refractivity contribution in [1.29, 1.82) is 0 Å². The quantitative estimate of drug-likeness (QED) is 0.745. The first kappa shape index (κ1) is 13.5. The van der Waals surface area contributed by atoms with E-state index in [1.807, 2.05) is 0 Å². The van der Waals surface area contributed by atoms with Crippen molar-refractivity contribution in [2.75, 3.05) is 5.88 Å². The molecule has 0 aliphatic heterocycles. The predicted molar refractivity (Wildman–Crippen MR) is 72.2 cm³/mol. The molecular weight excluding hydrogens is 218 g/mol. The highest BCUT2D eigenvalue weighted by atomic mass is 35.5. The average Bonchev–Trinajstić information content (AvgIpc) is 2.27. The summed E-state index contributed by atoms with van der Waals surface area (Å²) >= 11 is 5.68. The van der Waals surface area contributed by atoms with Gasteiger partial charge in [0, 0.05) is 18.5 Å². The van der Waals surface area contributed by atoms with Crippen molar-refractivity contribution < 1.29 is 0 Å². The van der Waals surface area contributed by atoms with Gasteiger partial charge in [0.05, 0.1) is 0 Å². The SMILES string of the molecule is Cc1ccc(C)c(CNC(C)CCCCl)c1. The Labute approximate surface area is 104 Å². The summed E-state index contributed by atoms with van der Waals surface area (Å²) in [5.41, 5.74) is 4.09. The van der Waals surface area contributed by atoms with Crippen molar-refractivity contribution in [3.63, 3.8) is 0 Å². The topological polar surface area (TPSA) is 12.0 Å². The molecule has 0 aliphatic carbocycles. The molecule has 0 saturated heterocycles. The Balaban J connectivity index is 2.44. The van der Waals surface area contributed by atoms with Crippen LogP contribution >= 0.6 is 11.6 Å². The first-order chi connectivity index (χ1) is 7.63. The van der Waals surface area contributed by atoms with Crippen LogP contribution in [0.15, 0.2) is 18.2 Å². The van der Waals surface area contributed by atoms with Crippen LogP contribution in [0.25, 0.3) is 0 Å². The molecule has 0 amide bonds. The lowest BCUT2D eigenvalue weighted by molar-refractivity contribution is 0.509. The molecule has 1 atom stereocenters. The largest absolute Gasteiger partial charge is 0.310 e. The smallest absolute Gasteiger partial charge is 0.0224 e. The molecule has 1 aromatic rings. The van der Waals surface area contributed by atoms with E-state index in [9.17, 15) is 0 Å². The van der Waals surface area contributed by atoms with E-state index in [0.29, 0.717) is 6.04 Å². The zero-order valence-corrected chi connectivity index (χ0v) is 11.3. The van der Waals surface area contributed by atoms with Crippen molar-refractivity contribution in [2.45, 2.75) is 46.2 Å². The van der Waals surface area contributed by atoms with E-state index in [1.54, 1.807) is 0 Å². The van der Waals surface area contributed by atoms with Gasteiger partial charge in [0.15, 0.2) is 0 Å². The molecule has 1 N–H and O–H groups in total. The summed E-state index contributed by atoms with van der Waals surface area (Å²) in [6.45, 7) is 7.48. The first-order valence-corrected chi connectivity index (χ1v) is 6.52. The minimum Gasteiger partial charge on any atom is -0.310 e. The maximum absolute atomic E-state index is 5.68. The Morgan fingerprint density at radius 2 is 2.06 bits per heavy atom. The van der Waals surface area contributed by atoms with Crippen molar-refractivity contribution >= 4 is 11.6 Å². The minimum absolute atomic E-state index is 0.540. The summed E-state index contributed by atoms with van der Waals surface area (Å²) in [6.07, 6.45) is 2.23. The van der Waals surface area contributed by atoms with Crippen molar-refractivity contribution in [2.24, 2.45) is 0 Å². The molecule has 90 valence electrons. The number of rotatable bonds is 6. The molecule has 0 heterocycles. The van der Waals surface area contributed by atoms with Gasteiger partial charge in [-0.1, -0.05) is 23.8 Å². The normalized spacial score (nSPS) is 12.8. The van der Waals surface area contributed by atoms with Crippen molar-refractivity contribution in [3.05, 3.63) is 34.9 Å². The summed E-state index contributed by atoms with van der Waals surface area (Å²) in [7, 11) is 0. The third-order valence-corrected chi connectivity index (χ3v) is 3.18. The fraction of sp³-hybridized carbons (Fsp3) is 0.571. The molecule has 0 fully saturated rings. The van der Waals surface area contributed by atoms with E-state index >= 15 is 0 Å². The Kier molecular flexibility index (Phi) is 5.86. The molecule has 0 saturated carbocycles. The summed E-state index contributed by atoms with van der Waals surface area (Å²) in [6, 6.07) is 7.15. The zero-order valence-electron chi connectivity index (χ0n) is 10.5. The average molecular weight is 240 g/mol. The molecule has 1 unspecified atom stereocenters. The fourth-order valence-electron chi connectivity index (χ4n) is 1.76. The lowest BCUT2D eigenvalue weighted by atomic mass is 10.1. The van der Waals surface area contributed by atoms with E-state index in [4.69, 9.17) is 11.6 Å². The molecule has 1 rings (SSSR count). The number of halogens is 1. The first-order valence-electron chi connectivity index (χ1n) is 5.99. The molecule has 0 radical (unpaired) electrons. The third-order valence-electron chi connectivity index (χ3n) is 2.92. The summed E-state index contributed by atoms with van der Waals surface area (Å²) in [5, 5.41) is 3.54. The molecule has 0 bridgehead atoms. The molecule has 2 heteroatoms. The number of nitrogens with one attached hydrogen (secondary N) is 1. The highest BCUT2D eigenvalue weighted by molar-refractivity contribution is 6.17. The number of alkyl halides is 1. The maximum atomic E-state index is 5.68. The monoisotopic (exact) mass is 239 g/mol. The van der Waals surface area contributed by atoms with E-state index in [-0.39, 0.29) is 0 Å². The molecular formula is C14H22ClN. The number of aryl methyl sites for hydroxylation is 2. The Bertz CT molecular complexity index is 323. The number of hydrogen-bond donors (Lipinski definition) is 1. The van der Waals surface area contributed by atoms with Crippen molar-refractivity contribution in [1.82, 2.24) is 5.32 Å². The van der Waals surface area contributed by atoms with Crippen LogP contribution < -0.4 is 5.32 Å². The zero-order chi connectivity index (χ0) is 12.0. The van der Waals surface area contributed by atoms with Gasteiger partial charge in [0.1, 0.15) is 0 Å². The van der Waals surface area contributed by atoms with Crippen LogP contribution in [-0.4, -0.2) is 11.9 Å². The highest BCUT2D eigenvalue weighted by Gasteiger charge is 2.03. The van der Waals surface area contributed by atoms with Gasteiger partial charge >= 0.3 is 0 Å². The van der Waals surface area contributed by atoms with Crippen LogP contribution in [0.3, 0.4) is 0 Å². The second kappa shape index (κ2) is 6.93. The van der Waals surface area contributed by atoms with Gasteiger partial charge in [-0.25, -0.2) is 0 Å². The van der Waals surface area contributed by atoms with Crippen LogP contribution in [0.2, 0.25) is 0 Å². The van der Waals surface area contributed by atoms with Crippen LogP contribution in [-0.2, 0) is 6.54 Å². The molecule has 0 aromatic heterocycles. The third kappa shape index (κ3) is 4.54. The van der Waals surface area contributed by atoms with Crippen LogP contribution in [0.1, 0.15) is 36.5 Å². The Hall–Kier alpha value is -0.530. The highest BCUT2D eigenvalue weighted by Crippen LogP contribution is 2.11. The van der Waals surface area contributed by atoms with Gasteiger partial charge in [0.25, 0.3) is 0 Å². The number of hydrogen-bond acceptors (Lipinski definition) is 1. The van der Waals surface area contributed by atoms with Gasteiger partial charge in [0.2, 0.25) is 0 Å². The van der Waals surface area contributed by atoms with E-state index in [0.717, 1.165) is 25.3 Å². The second-order valence-corrected chi connectivity index (χ2v) is 4.92.